The highest BCUT2D eigenvalue weighted by Crippen LogP contribution is 2.23. The zero-order chi connectivity index (χ0) is 19.9. The van der Waals surface area contributed by atoms with E-state index in [4.69, 9.17) is 0 Å². The molecule has 0 saturated heterocycles. The van der Waals surface area contributed by atoms with Gasteiger partial charge in [-0.2, -0.15) is 0 Å². The number of carbonyl (C=O) groups is 1. The molecule has 0 aliphatic heterocycles. The molecule has 1 N–H and O–H groups in total. The summed E-state index contributed by atoms with van der Waals surface area (Å²) in [5.41, 5.74) is 4.92. The van der Waals surface area contributed by atoms with E-state index in [9.17, 15) is 4.79 Å². The van der Waals surface area contributed by atoms with Crippen LogP contribution in [0.25, 0.3) is 11.1 Å². The molecule has 0 radical (unpaired) electrons. The molecule has 0 aliphatic carbocycles. The molecule has 1 amide bonds. The molecular formula is C26H21NOS. The average Bonchev–Trinajstić information content (AvgIpc) is 2.80. The smallest absolute Gasteiger partial charge is 0.255 e. The first-order valence-electron chi connectivity index (χ1n) is 9.51. The van der Waals surface area contributed by atoms with Gasteiger partial charge >= 0.3 is 0 Å². The Labute approximate surface area is 175 Å². The van der Waals surface area contributed by atoms with Crippen molar-refractivity contribution in [2.45, 2.75) is 10.6 Å². The predicted octanol–water partition coefficient (Wildman–Crippen LogP) is 6.90. The van der Waals surface area contributed by atoms with Crippen molar-refractivity contribution in [1.82, 2.24) is 0 Å². The standard InChI is InChI=1S/C26H21NOS/c28-26(23-15-13-22(14-16-23)21-7-3-1-4-8-21)27-24-17-11-20(12-18-24)19-29-25-9-5-2-6-10-25/h1-18H,19H2,(H,27,28). The van der Waals surface area contributed by atoms with Crippen LogP contribution >= 0.6 is 11.8 Å². The van der Waals surface area contributed by atoms with Gasteiger partial charge in [0.15, 0.2) is 0 Å². The molecular weight excluding hydrogens is 374 g/mol. The molecule has 142 valence electrons. The van der Waals surface area contributed by atoms with Crippen LogP contribution in [0.5, 0.6) is 0 Å². The Morgan fingerprint density at radius 1 is 0.655 bits per heavy atom. The molecule has 2 nitrogen and oxygen atoms in total. The minimum absolute atomic E-state index is 0.101. The second-order valence-electron chi connectivity index (χ2n) is 6.70. The molecule has 0 saturated carbocycles. The fourth-order valence-electron chi connectivity index (χ4n) is 3.02. The Hall–Kier alpha value is -3.30. The highest BCUT2D eigenvalue weighted by Gasteiger charge is 2.07. The molecule has 29 heavy (non-hydrogen) atoms. The fraction of sp³-hybridized carbons (Fsp3) is 0.0385. The summed E-state index contributed by atoms with van der Waals surface area (Å²) in [6, 6.07) is 36.2. The number of thioether (sulfide) groups is 1. The SMILES string of the molecule is O=C(Nc1ccc(CSc2ccccc2)cc1)c1ccc(-c2ccccc2)cc1. The van der Waals surface area contributed by atoms with E-state index in [1.54, 1.807) is 11.8 Å². The van der Waals surface area contributed by atoms with Gasteiger partial charge < -0.3 is 5.32 Å². The molecule has 3 heteroatoms. The van der Waals surface area contributed by atoms with Crippen LogP contribution in [-0.4, -0.2) is 5.91 Å². The van der Waals surface area contributed by atoms with Gasteiger partial charge in [0.2, 0.25) is 0 Å². The summed E-state index contributed by atoms with van der Waals surface area (Å²) < 4.78 is 0. The van der Waals surface area contributed by atoms with Crippen molar-refractivity contribution in [3.63, 3.8) is 0 Å². The number of rotatable bonds is 6. The first-order valence-corrected chi connectivity index (χ1v) is 10.5. The number of anilines is 1. The summed E-state index contributed by atoms with van der Waals surface area (Å²) in [5, 5.41) is 2.97. The maximum Gasteiger partial charge on any atom is 0.255 e. The first-order chi connectivity index (χ1) is 14.3. The molecule has 0 heterocycles. The zero-order valence-corrected chi connectivity index (χ0v) is 16.7. The fourth-order valence-corrected chi connectivity index (χ4v) is 3.89. The summed E-state index contributed by atoms with van der Waals surface area (Å²) in [4.78, 5) is 13.8. The van der Waals surface area contributed by atoms with Crippen LogP contribution in [0, 0.1) is 0 Å². The van der Waals surface area contributed by atoms with Gasteiger partial charge in [-0.05, 0) is 53.1 Å². The van der Waals surface area contributed by atoms with Crippen molar-refractivity contribution in [2.75, 3.05) is 5.32 Å². The monoisotopic (exact) mass is 395 g/mol. The van der Waals surface area contributed by atoms with E-state index in [0.717, 1.165) is 22.6 Å². The summed E-state index contributed by atoms with van der Waals surface area (Å²) in [6.45, 7) is 0. The van der Waals surface area contributed by atoms with E-state index < -0.39 is 0 Å². The third-order valence-electron chi connectivity index (χ3n) is 4.61. The van der Waals surface area contributed by atoms with Crippen LogP contribution in [0.15, 0.2) is 114 Å². The maximum atomic E-state index is 12.5. The zero-order valence-electron chi connectivity index (χ0n) is 15.9. The molecule has 0 unspecified atom stereocenters. The van der Waals surface area contributed by atoms with E-state index in [-0.39, 0.29) is 5.91 Å². The average molecular weight is 396 g/mol. The topological polar surface area (TPSA) is 29.1 Å². The normalized spacial score (nSPS) is 10.5. The number of nitrogens with one attached hydrogen (secondary N) is 1. The van der Waals surface area contributed by atoms with E-state index in [1.165, 1.54) is 10.5 Å². The van der Waals surface area contributed by atoms with Gasteiger partial charge in [-0.1, -0.05) is 72.8 Å². The third kappa shape index (κ3) is 5.15. The largest absolute Gasteiger partial charge is 0.322 e. The Kier molecular flexibility index (Phi) is 6.08. The minimum atomic E-state index is -0.101. The van der Waals surface area contributed by atoms with Crippen LogP contribution in [0.1, 0.15) is 15.9 Å². The number of carbonyl (C=O) groups excluding carboxylic acids is 1. The summed E-state index contributed by atoms with van der Waals surface area (Å²) in [6.07, 6.45) is 0. The maximum absolute atomic E-state index is 12.5. The van der Waals surface area contributed by atoms with E-state index in [0.29, 0.717) is 5.56 Å². The van der Waals surface area contributed by atoms with Crippen LogP contribution in [0.3, 0.4) is 0 Å². The van der Waals surface area contributed by atoms with Crippen LogP contribution in [0.4, 0.5) is 5.69 Å². The van der Waals surface area contributed by atoms with Gasteiger partial charge in [-0.25, -0.2) is 0 Å². The lowest BCUT2D eigenvalue weighted by Crippen LogP contribution is -2.11. The van der Waals surface area contributed by atoms with Crippen molar-refractivity contribution >= 4 is 23.4 Å². The van der Waals surface area contributed by atoms with Crippen molar-refractivity contribution in [2.24, 2.45) is 0 Å². The minimum Gasteiger partial charge on any atom is -0.322 e. The summed E-state index contributed by atoms with van der Waals surface area (Å²) >= 11 is 1.80. The Bertz CT molecular complexity index is 1060. The second kappa shape index (κ2) is 9.26. The lowest BCUT2D eigenvalue weighted by Gasteiger charge is -2.08. The van der Waals surface area contributed by atoms with Gasteiger partial charge in [0.1, 0.15) is 0 Å². The summed E-state index contributed by atoms with van der Waals surface area (Å²) in [5.74, 6) is 0.801. The van der Waals surface area contributed by atoms with Crippen molar-refractivity contribution in [3.8, 4) is 11.1 Å². The summed E-state index contributed by atoms with van der Waals surface area (Å²) in [7, 11) is 0. The molecule has 4 rings (SSSR count). The van der Waals surface area contributed by atoms with Crippen LogP contribution in [-0.2, 0) is 5.75 Å². The van der Waals surface area contributed by atoms with E-state index in [2.05, 4.69) is 41.7 Å². The van der Waals surface area contributed by atoms with Crippen molar-refractivity contribution in [1.29, 1.82) is 0 Å². The molecule has 0 aliphatic rings. The van der Waals surface area contributed by atoms with Gasteiger partial charge in [-0.15, -0.1) is 11.8 Å². The first kappa shape index (κ1) is 19.0. The Morgan fingerprint density at radius 3 is 1.90 bits per heavy atom. The third-order valence-corrected chi connectivity index (χ3v) is 5.70. The molecule has 0 spiro atoms. The van der Waals surface area contributed by atoms with Gasteiger partial charge in [0, 0.05) is 21.9 Å². The number of amides is 1. The van der Waals surface area contributed by atoms with Crippen molar-refractivity contribution in [3.05, 3.63) is 120 Å². The second-order valence-corrected chi connectivity index (χ2v) is 7.74. The quantitative estimate of drug-likeness (QED) is 0.360. The van der Waals surface area contributed by atoms with Gasteiger partial charge in [0.25, 0.3) is 5.91 Å². The predicted molar refractivity (Wildman–Crippen MR) is 122 cm³/mol. The lowest BCUT2D eigenvalue weighted by molar-refractivity contribution is 0.102. The van der Waals surface area contributed by atoms with Crippen molar-refractivity contribution < 1.29 is 4.79 Å². The van der Waals surface area contributed by atoms with Gasteiger partial charge in [-0.3, -0.25) is 4.79 Å². The molecule has 4 aromatic rings. The number of hydrogen-bond donors (Lipinski definition) is 1. The van der Waals surface area contributed by atoms with Crippen LogP contribution in [0.2, 0.25) is 0 Å². The van der Waals surface area contributed by atoms with E-state index in [1.807, 2.05) is 72.8 Å². The number of benzene rings is 4. The lowest BCUT2D eigenvalue weighted by atomic mass is 10.0. The molecule has 0 bridgehead atoms. The van der Waals surface area contributed by atoms with Crippen LogP contribution < -0.4 is 5.32 Å². The molecule has 0 fully saturated rings. The molecule has 0 atom stereocenters. The van der Waals surface area contributed by atoms with Gasteiger partial charge in [0.05, 0.1) is 0 Å². The highest BCUT2D eigenvalue weighted by molar-refractivity contribution is 7.98. The highest BCUT2D eigenvalue weighted by atomic mass is 32.2. The number of hydrogen-bond acceptors (Lipinski definition) is 2. The van der Waals surface area contributed by atoms with E-state index >= 15 is 0 Å². The molecule has 0 aromatic heterocycles. The Balaban J connectivity index is 1.35. The Morgan fingerprint density at radius 2 is 1.24 bits per heavy atom. The molecule has 4 aromatic carbocycles.